The van der Waals surface area contributed by atoms with Crippen LogP contribution in [0.1, 0.15) is 21.8 Å². The molecule has 1 saturated heterocycles. The molecule has 2 aromatic heterocycles. The zero-order valence-electron chi connectivity index (χ0n) is 10.5. The predicted octanol–water partition coefficient (Wildman–Crippen LogP) is 2.39. The summed E-state index contributed by atoms with van der Waals surface area (Å²) in [6.07, 6.45) is 0.287. The van der Waals surface area contributed by atoms with Crippen LogP contribution in [0, 0.1) is 6.92 Å². The summed E-state index contributed by atoms with van der Waals surface area (Å²) < 4.78 is 0. The van der Waals surface area contributed by atoms with E-state index in [9.17, 15) is 9.90 Å². The Labute approximate surface area is 119 Å². The Morgan fingerprint density at radius 2 is 2.42 bits per heavy atom. The summed E-state index contributed by atoms with van der Waals surface area (Å²) in [5.74, 6) is -0.00523. The minimum absolute atomic E-state index is 0.00523. The van der Waals surface area contributed by atoms with Gasteiger partial charge in [-0.15, -0.1) is 22.7 Å². The molecule has 19 heavy (non-hydrogen) atoms. The molecular weight excluding hydrogens is 280 g/mol. The zero-order chi connectivity index (χ0) is 13.4. The topological polar surface area (TPSA) is 53.4 Å². The Hall–Kier alpha value is -1.24. The lowest BCUT2D eigenvalue weighted by molar-refractivity contribution is 0.0769. The normalized spacial score (nSPS) is 19.1. The van der Waals surface area contributed by atoms with Crippen LogP contribution < -0.4 is 0 Å². The van der Waals surface area contributed by atoms with E-state index >= 15 is 0 Å². The number of likely N-dealkylation sites (tertiary alicyclic amines) is 1. The fourth-order valence-corrected chi connectivity index (χ4v) is 4.00. The molecule has 3 rings (SSSR count). The number of aryl methyl sites for hydroxylation is 1. The first-order valence-electron chi connectivity index (χ1n) is 6.14. The van der Waals surface area contributed by atoms with E-state index in [1.165, 1.54) is 11.3 Å². The van der Waals surface area contributed by atoms with Crippen molar-refractivity contribution in [3.8, 4) is 9.88 Å². The summed E-state index contributed by atoms with van der Waals surface area (Å²) >= 11 is 3.07. The highest BCUT2D eigenvalue weighted by Gasteiger charge is 2.28. The first kappa shape index (κ1) is 12.8. The molecule has 1 aliphatic heterocycles. The number of hydrogen-bond acceptors (Lipinski definition) is 5. The summed E-state index contributed by atoms with van der Waals surface area (Å²) in [6.45, 7) is 2.93. The molecule has 1 amide bonds. The number of β-amino-alcohol motifs (C(OH)–C–C–N with tert-alkyl or cyclic N) is 1. The lowest BCUT2D eigenvalue weighted by atomic mass is 10.3. The van der Waals surface area contributed by atoms with E-state index in [2.05, 4.69) is 4.98 Å². The molecule has 1 N–H and O–H groups in total. The minimum Gasteiger partial charge on any atom is -0.391 e. The van der Waals surface area contributed by atoms with E-state index < -0.39 is 0 Å². The van der Waals surface area contributed by atoms with Crippen molar-refractivity contribution in [2.45, 2.75) is 19.4 Å². The van der Waals surface area contributed by atoms with Crippen LogP contribution in [0.4, 0.5) is 0 Å². The first-order chi connectivity index (χ1) is 9.15. The van der Waals surface area contributed by atoms with Crippen LogP contribution in [0.5, 0.6) is 0 Å². The molecule has 0 unspecified atom stereocenters. The summed E-state index contributed by atoms with van der Waals surface area (Å²) in [5.41, 5.74) is 0.778. The number of amides is 1. The number of aliphatic hydroxyl groups excluding tert-OH is 1. The second-order valence-corrected chi connectivity index (χ2v) is 6.55. The molecule has 3 heterocycles. The van der Waals surface area contributed by atoms with Crippen LogP contribution in [0.15, 0.2) is 17.5 Å². The van der Waals surface area contributed by atoms with Gasteiger partial charge in [-0.2, -0.15) is 0 Å². The second-order valence-electron chi connectivity index (χ2n) is 4.60. The number of aliphatic hydroxyl groups is 1. The number of thiazole rings is 1. The number of hydrogen-bond donors (Lipinski definition) is 1. The zero-order valence-corrected chi connectivity index (χ0v) is 12.1. The maximum atomic E-state index is 12.4. The Morgan fingerprint density at radius 1 is 1.58 bits per heavy atom. The summed E-state index contributed by atoms with van der Waals surface area (Å²) in [4.78, 5) is 20.4. The number of carbonyl (C=O) groups is 1. The van der Waals surface area contributed by atoms with Gasteiger partial charge in [0.15, 0.2) is 0 Å². The first-order valence-corrected chi connectivity index (χ1v) is 7.83. The van der Waals surface area contributed by atoms with Crippen LogP contribution in [0.3, 0.4) is 0 Å². The SMILES string of the molecule is Cc1nc(-c2cccs2)sc1C(=O)N1CC[C@H](O)C1. The Balaban J connectivity index is 1.87. The lowest BCUT2D eigenvalue weighted by Crippen LogP contribution is -2.29. The van der Waals surface area contributed by atoms with Crippen LogP contribution in [0.25, 0.3) is 9.88 Å². The summed E-state index contributed by atoms with van der Waals surface area (Å²) in [6, 6.07) is 3.99. The van der Waals surface area contributed by atoms with E-state index in [0.29, 0.717) is 24.4 Å². The monoisotopic (exact) mass is 294 g/mol. The molecule has 6 heteroatoms. The van der Waals surface area contributed by atoms with Gasteiger partial charge in [0, 0.05) is 13.1 Å². The molecule has 2 aromatic rings. The van der Waals surface area contributed by atoms with E-state index in [4.69, 9.17) is 0 Å². The van der Waals surface area contributed by atoms with Crippen molar-refractivity contribution in [1.82, 2.24) is 9.88 Å². The van der Waals surface area contributed by atoms with Crippen molar-refractivity contribution in [3.05, 3.63) is 28.1 Å². The average Bonchev–Trinajstić information content (AvgIpc) is 3.07. The highest BCUT2D eigenvalue weighted by Crippen LogP contribution is 2.32. The van der Waals surface area contributed by atoms with Gasteiger partial charge in [0.25, 0.3) is 5.91 Å². The van der Waals surface area contributed by atoms with E-state index in [0.717, 1.165) is 15.6 Å². The molecule has 0 saturated carbocycles. The van der Waals surface area contributed by atoms with E-state index in [-0.39, 0.29) is 12.0 Å². The molecule has 0 aromatic carbocycles. The second kappa shape index (κ2) is 5.03. The molecule has 0 aliphatic carbocycles. The molecule has 0 radical (unpaired) electrons. The van der Waals surface area contributed by atoms with Crippen molar-refractivity contribution >= 4 is 28.6 Å². The number of carbonyl (C=O) groups excluding carboxylic acids is 1. The van der Waals surface area contributed by atoms with Gasteiger partial charge in [0.2, 0.25) is 0 Å². The molecule has 1 aliphatic rings. The van der Waals surface area contributed by atoms with Crippen molar-refractivity contribution in [2.24, 2.45) is 0 Å². The number of nitrogens with zero attached hydrogens (tertiary/aromatic N) is 2. The largest absolute Gasteiger partial charge is 0.391 e. The number of thiophene rings is 1. The third-order valence-corrected chi connectivity index (χ3v) is 5.36. The molecule has 0 bridgehead atoms. The van der Waals surface area contributed by atoms with Crippen molar-refractivity contribution in [1.29, 1.82) is 0 Å². The van der Waals surface area contributed by atoms with Gasteiger partial charge < -0.3 is 10.0 Å². The van der Waals surface area contributed by atoms with E-state index in [1.807, 2.05) is 24.4 Å². The molecule has 1 atom stereocenters. The number of rotatable bonds is 2. The van der Waals surface area contributed by atoms with Gasteiger partial charge in [0.1, 0.15) is 9.88 Å². The maximum Gasteiger partial charge on any atom is 0.265 e. The van der Waals surface area contributed by atoms with Gasteiger partial charge in [-0.05, 0) is 24.8 Å². The van der Waals surface area contributed by atoms with Crippen molar-refractivity contribution in [2.75, 3.05) is 13.1 Å². The Morgan fingerprint density at radius 3 is 3.05 bits per heavy atom. The van der Waals surface area contributed by atoms with Crippen LogP contribution >= 0.6 is 22.7 Å². The van der Waals surface area contributed by atoms with Gasteiger partial charge in [-0.1, -0.05) is 6.07 Å². The minimum atomic E-state index is -0.381. The lowest BCUT2D eigenvalue weighted by Gasteiger charge is -2.14. The third kappa shape index (κ3) is 2.43. The predicted molar refractivity (Wildman–Crippen MR) is 76.7 cm³/mol. The van der Waals surface area contributed by atoms with Crippen molar-refractivity contribution in [3.63, 3.8) is 0 Å². The Kier molecular flexibility index (Phi) is 3.38. The quantitative estimate of drug-likeness (QED) is 0.925. The summed E-state index contributed by atoms with van der Waals surface area (Å²) in [5, 5.41) is 12.4. The molecule has 100 valence electrons. The average molecular weight is 294 g/mol. The van der Waals surface area contributed by atoms with Gasteiger partial charge in [-0.25, -0.2) is 4.98 Å². The fourth-order valence-electron chi connectivity index (χ4n) is 2.17. The van der Waals surface area contributed by atoms with Gasteiger partial charge in [-0.3, -0.25) is 4.79 Å². The standard InChI is InChI=1S/C13H14N2O2S2/c1-8-11(13(17)15-5-4-9(16)7-15)19-12(14-8)10-3-2-6-18-10/h2-3,6,9,16H,4-5,7H2,1H3/t9-/m0/s1. The highest BCUT2D eigenvalue weighted by atomic mass is 32.1. The molecular formula is C13H14N2O2S2. The molecule has 4 nitrogen and oxygen atoms in total. The van der Waals surface area contributed by atoms with Crippen LogP contribution in [-0.4, -0.2) is 40.1 Å². The highest BCUT2D eigenvalue weighted by molar-refractivity contribution is 7.22. The molecule has 0 spiro atoms. The maximum absolute atomic E-state index is 12.4. The summed E-state index contributed by atoms with van der Waals surface area (Å²) in [7, 11) is 0. The number of aromatic nitrogens is 1. The van der Waals surface area contributed by atoms with Gasteiger partial charge in [0.05, 0.1) is 16.7 Å². The van der Waals surface area contributed by atoms with Crippen LogP contribution in [0.2, 0.25) is 0 Å². The third-order valence-electron chi connectivity index (χ3n) is 3.17. The Bertz CT molecular complexity index is 592. The van der Waals surface area contributed by atoms with Crippen molar-refractivity contribution < 1.29 is 9.90 Å². The smallest absolute Gasteiger partial charge is 0.265 e. The van der Waals surface area contributed by atoms with E-state index in [1.54, 1.807) is 16.2 Å². The van der Waals surface area contributed by atoms with Crippen LogP contribution in [-0.2, 0) is 0 Å². The fraction of sp³-hybridized carbons (Fsp3) is 0.385. The molecule has 1 fully saturated rings. The van der Waals surface area contributed by atoms with Gasteiger partial charge >= 0.3 is 0 Å².